The van der Waals surface area contributed by atoms with Crippen LogP contribution in [0.25, 0.3) is 0 Å². The number of rotatable bonds is 4. The van der Waals surface area contributed by atoms with Crippen molar-refractivity contribution < 1.29 is 70.4 Å². The van der Waals surface area contributed by atoms with Gasteiger partial charge in [0.05, 0.1) is 0 Å². The second kappa shape index (κ2) is 4.00. The van der Waals surface area contributed by atoms with Gasteiger partial charge < -0.3 is 0 Å². The monoisotopic (exact) mass is 476 g/mol. The average Bonchev–Trinajstić information content (AvgIpc) is 1.43. The van der Waals surface area contributed by atoms with Gasteiger partial charge in [0, 0.05) is 0 Å². The van der Waals surface area contributed by atoms with E-state index in [9.17, 15) is 18.2 Å². The third-order valence-electron chi connectivity index (χ3n) is 0.377. The molecule has 0 radical (unpaired) electrons. The van der Waals surface area contributed by atoms with E-state index in [-0.39, 0.29) is 0 Å². The molecule has 13 heavy (non-hydrogen) atoms. The van der Waals surface area contributed by atoms with Gasteiger partial charge in [-0.25, -0.2) is 0 Å². The van der Waals surface area contributed by atoms with Crippen LogP contribution < -0.4 is 0 Å². The molecule has 0 fully saturated rings. The SMILES string of the molecule is O=P(O)([O][Mo](=[O])(=[O])[OH])[O][W](=[O])(=[O])[OH]. The van der Waals surface area contributed by atoms with Gasteiger partial charge in [0.15, 0.2) is 0 Å². The molecule has 10 nitrogen and oxygen atoms in total. The van der Waals surface area contributed by atoms with E-state index in [2.05, 4.69) is 6.35 Å². The van der Waals surface area contributed by atoms with Crippen molar-refractivity contribution in [2.45, 2.75) is 0 Å². The Labute approximate surface area is 78.2 Å². The van der Waals surface area contributed by atoms with E-state index in [0.29, 0.717) is 0 Å². The molecule has 0 aromatic heterocycles. The van der Waals surface area contributed by atoms with Crippen LogP contribution in [0.4, 0.5) is 0 Å². The Balaban J connectivity index is 4.74. The predicted octanol–water partition coefficient (Wildman–Crippen LogP) is -1.55. The zero-order valence-corrected chi connectivity index (χ0v) is 11.3. The zero-order chi connectivity index (χ0) is 10.9. The zero-order valence-electron chi connectivity index (χ0n) is 5.46. The molecule has 0 saturated heterocycles. The third-order valence-corrected chi connectivity index (χ3v) is 7.97. The van der Waals surface area contributed by atoms with Crippen LogP contribution in [0.3, 0.4) is 0 Å². The van der Waals surface area contributed by atoms with E-state index in [1.165, 1.54) is 0 Å². The number of hydrogen-bond acceptors (Lipinski definition) is 7. The van der Waals surface area contributed by atoms with Crippen LogP contribution in [0, 0.1) is 0 Å². The Kier molecular flexibility index (Phi) is 4.19. The molecule has 3 N–H and O–H groups in total. The summed E-state index contributed by atoms with van der Waals surface area (Å²) in [7, 11) is -5.51. The number of phosphoric acid groups is 1. The third kappa shape index (κ3) is 8.92. The molecule has 0 aliphatic carbocycles. The summed E-state index contributed by atoms with van der Waals surface area (Å²) in [5, 5.41) is 0. The molecular formula is H3MoO10PW. The van der Waals surface area contributed by atoms with E-state index in [4.69, 9.17) is 12.4 Å². The fraction of sp³-hybridized carbons (Fsp3) is 0. The van der Waals surface area contributed by atoms with Gasteiger partial charge in [-0.05, 0) is 0 Å². The van der Waals surface area contributed by atoms with E-state index in [1.54, 1.807) is 0 Å². The summed E-state index contributed by atoms with van der Waals surface area (Å²) in [6, 6.07) is 0. The molecule has 0 amide bonds. The fourth-order valence-electron chi connectivity index (χ4n) is 0.250. The molecule has 0 aliphatic heterocycles. The molecule has 1 unspecified atom stereocenters. The molecule has 1 atom stereocenters. The van der Waals surface area contributed by atoms with Crippen LogP contribution in [0.15, 0.2) is 0 Å². The Morgan fingerprint density at radius 3 is 1.92 bits per heavy atom. The summed E-state index contributed by atoms with van der Waals surface area (Å²) in [5.41, 5.74) is 0. The van der Waals surface area contributed by atoms with Crippen molar-refractivity contribution >= 4 is 7.82 Å². The number of hydrogen-bond donors (Lipinski definition) is 3. The summed E-state index contributed by atoms with van der Waals surface area (Å²) in [6.45, 7) is 0. The second-order valence-corrected chi connectivity index (χ2v) is 10.6. The molecule has 0 bridgehead atoms. The Morgan fingerprint density at radius 2 is 1.69 bits per heavy atom. The van der Waals surface area contributed by atoms with Crippen molar-refractivity contribution in [2.24, 2.45) is 0 Å². The standard InChI is InChI=1S/Mo.H3O4P.2H2O.4O.W/c;1-5(2,3)4;;;;;;;/h;(H3,1,2,3,4);2*1H2;;;;;/q+2;;;;;;;;+2/p-4. The van der Waals surface area contributed by atoms with Gasteiger partial charge in [0.2, 0.25) is 0 Å². The van der Waals surface area contributed by atoms with Crippen LogP contribution in [-0.2, 0) is 58.0 Å². The topological polar surface area (TPSA) is 164 Å². The van der Waals surface area contributed by atoms with Crippen LogP contribution >= 0.6 is 7.82 Å². The minimum absolute atomic E-state index is 3.02. The van der Waals surface area contributed by atoms with Gasteiger partial charge in [0.1, 0.15) is 0 Å². The first-order valence-corrected chi connectivity index (χ1v) is 11.9. The molecule has 0 spiro atoms. The van der Waals surface area contributed by atoms with E-state index in [1.807, 2.05) is 0 Å². The molecule has 0 saturated carbocycles. The molecule has 0 aromatic carbocycles. The average molecular weight is 474 g/mol. The predicted molar refractivity (Wildman–Crippen MR) is 19.2 cm³/mol. The molecule has 80 valence electrons. The van der Waals surface area contributed by atoms with Crippen LogP contribution in [0.2, 0.25) is 0 Å². The first kappa shape index (κ1) is 13.6. The summed E-state index contributed by atoms with van der Waals surface area (Å²) in [4.78, 5) is 8.28. The van der Waals surface area contributed by atoms with Gasteiger partial charge in [-0.1, -0.05) is 0 Å². The molecule has 0 heterocycles. The summed E-state index contributed by atoms with van der Waals surface area (Å²) in [5.74, 6) is 0. The Morgan fingerprint density at radius 1 is 1.31 bits per heavy atom. The first-order valence-electron chi connectivity index (χ1n) is 2.11. The molecule has 0 rings (SSSR count). The van der Waals surface area contributed by atoms with E-state index >= 15 is 0 Å². The summed E-state index contributed by atoms with van der Waals surface area (Å²) >= 11 is -12.9. The normalized spacial score (nSPS) is 18.1. The molecular weight excluding hydrogens is 471 g/mol. The second-order valence-electron chi connectivity index (χ2n) is 1.47. The first-order chi connectivity index (χ1) is 5.41. The Hall–Kier alpha value is 0.607. The van der Waals surface area contributed by atoms with Crippen molar-refractivity contribution in [3.8, 4) is 0 Å². The maximum atomic E-state index is 10.3. The maximum absolute atomic E-state index is 10.3. The van der Waals surface area contributed by atoms with Gasteiger partial charge >= 0.3 is 78.2 Å². The van der Waals surface area contributed by atoms with Crippen molar-refractivity contribution in [3.05, 3.63) is 0 Å². The van der Waals surface area contributed by atoms with E-state index in [0.717, 1.165) is 0 Å². The van der Waals surface area contributed by atoms with Gasteiger partial charge in [-0.15, -0.1) is 0 Å². The van der Waals surface area contributed by atoms with Crippen LogP contribution in [-0.4, -0.2) is 12.4 Å². The summed E-state index contributed by atoms with van der Waals surface area (Å²) < 4.78 is 71.9. The fourth-order valence-corrected chi connectivity index (χ4v) is 6.84. The minimum atomic E-state index is -6.56. The van der Waals surface area contributed by atoms with E-state index < -0.39 is 41.3 Å². The van der Waals surface area contributed by atoms with Crippen molar-refractivity contribution in [2.75, 3.05) is 0 Å². The Bertz CT molecular complexity index is 372. The molecule has 0 aromatic rings. The molecule has 13 heteroatoms. The molecule has 0 aliphatic rings. The van der Waals surface area contributed by atoms with Crippen molar-refractivity contribution in [3.63, 3.8) is 0 Å². The van der Waals surface area contributed by atoms with Gasteiger partial charge in [-0.2, -0.15) is 0 Å². The van der Waals surface area contributed by atoms with Crippen LogP contribution in [0.5, 0.6) is 0 Å². The van der Waals surface area contributed by atoms with Gasteiger partial charge in [-0.3, -0.25) is 0 Å². The van der Waals surface area contributed by atoms with Crippen molar-refractivity contribution in [1.82, 2.24) is 0 Å². The van der Waals surface area contributed by atoms with Crippen LogP contribution in [0.1, 0.15) is 0 Å². The van der Waals surface area contributed by atoms with Crippen molar-refractivity contribution in [1.29, 1.82) is 0 Å². The van der Waals surface area contributed by atoms with Gasteiger partial charge in [0.25, 0.3) is 0 Å². The quantitative estimate of drug-likeness (QED) is 0.321. The summed E-state index contributed by atoms with van der Waals surface area (Å²) in [6.07, 6.45) is 0.